The Morgan fingerprint density at radius 1 is 1.18 bits per heavy atom. The predicted molar refractivity (Wildman–Crippen MR) is 149 cm³/mol. The van der Waals surface area contributed by atoms with Crippen LogP contribution in [0.25, 0.3) is 26.9 Å². The first-order valence-electron chi connectivity index (χ1n) is 12.5. The molecule has 2 atom stereocenters. The highest BCUT2D eigenvalue weighted by molar-refractivity contribution is 6.34. The summed E-state index contributed by atoms with van der Waals surface area (Å²) in [7, 11) is 0. The van der Waals surface area contributed by atoms with E-state index in [1.54, 1.807) is 48.7 Å². The highest BCUT2D eigenvalue weighted by Gasteiger charge is 2.29. The molecule has 202 valence electrons. The number of fused-ring (bicyclic) bond motifs is 1. The van der Waals surface area contributed by atoms with Crippen LogP contribution in [0.3, 0.4) is 0 Å². The fourth-order valence-corrected chi connectivity index (χ4v) is 5.19. The Labute approximate surface area is 233 Å². The Hall–Kier alpha value is -4.55. The Balaban J connectivity index is 1.44. The second-order valence-corrected chi connectivity index (χ2v) is 10.0. The van der Waals surface area contributed by atoms with Crippen molar-refractivity contribution in [3.05, 3.63) is 100.0 Å². The molecule has 1 aliphatic heterocycles. The third-order valence-corrected chi connectivity index (χ3v) is 7.48. The van der Waals surface area contributed by atoms with Gasteiger partial charge in [-0.05, 0) is 48.7 Å². The average Bonchev–Trinajstić information content (AvgIpc) is 2.91. The lowest BCUT2D eigenvalue weighted by atomic mass is 9.95. The van der Waals surface area contributed by atoms with Crippen LogP contribution in [0.1, 0.15) is 29.3 Å². The van der Waals surface area contributed by atoms with Crippen LogP contribution in [-0.4, -0.2) is 40.6 Å². The van der Waals surface area contributed by atoms with E-state index in [4.69, 9.17) is 18.2 Å². The van der Waals surface area contributed by atoms with Crippen molar-refractivity contribution in [2.24, 2.45) is 0 Å². The lowest BCUT2D eigenvalue weighted by Crippen LogP contribution is -2.46. The van der Waals surface area contributed by atoms with Gasteiger partial charge in [0.25, 0.3) is 5.91 Å². The van der Waals surface area contributed by atoms with Crippen molar-refractivity contribution in [3.63, 3.8) is 0 Å². The topological polar surface area (TPSA) is 86.9 Å². The number of carbonyl (C=O) groups excluding carboxylic acids is 1. The van der Waals surface area contributed by atoms with Gasteiger partial charge in [0, 0.05) is 46.9 Å². The number of hydrogen-bond donors (Lipinski definition) is 2. The number of carbonyl (C=O) groups is 2. The maximum absolute atomic E-state index is 14.9. The zero-order valence-corrected chi connectivity index (χ0v) is 22.0. The van der Waals surface area contributed by atoms with E-state index >= 15 is 0 Å². The second-order valence-electron chi connectivity index (χ2n) is 9.63. The van der Waals surface area contributed by atoms with E-state index < -0.39 is 35.1 Å². The van der Waals surface area contributed by atoms with Crippen LogP contribution in [-0.2, 0) is 11.2 Å². The van der Waals surface area contributed by atoms with Crippen LogP contribution in [0, 0.1) is 18.2 Å². The minimum absolute atomic E-state index is 0.139. The van der Waals surface area contributed by atoms with Crippen LogP contribution in [0.5, 0.6) is 0 Å². The number of aliphatic carboxylic acids is 1. The highest BCUT2D eigenvalue weighted by atomic mass is 35.5. The van der Waals surface area contributed by atoms with Gasteiger partial charge in [0.2, 0.25) is 0 Å². The molecule has 7 nitrogen and oxygen atoms in total. The number of rotatable bonds is 7. The molecule has 2 heterocycles. The fraction of sp³-hybridized carbons (Fsp3) is 0.200. The summed E-state index contributed by atoms with van der Waals surface area (Å²) < 4.78 is 29.7. The highest BCUT2D eigenvalue weighted by Crippen LogP contribution is 2.36. The van der Waals surface area contributed by atoms with Gasteiger partial charge in [-0.25, -0.2) is 18.4 Å². The molecule has 1 unspecified atom stereocenters. The van der Waals surface area contributed by atoms with Crippen LogP contribution in [0.2, 0.25) is 5.02 Å². The fourth-order valence-electron chi connectivity index (χ4n) is 4.91. The van der Waals surface area contributed by atoms with E-state index in [9.17, 15) is 23.5 Å². The van der Waals surface area contributed by atoms with Gasteiger partial charge in [0.05, 0.1) is 12.1 Å². The van der Waals surface area contributed by atoms with E-state index in [-0.39, 0.29) is 12.5 Å². The number of nitrogens with one attached hydrogen (secondary N) is 1. The Morgan fingerprint density at radius 3 is 2.50 bits per heavy atom. The summed E-state index contributed by atoms with van der Waals surface area (Å²) in [6.45, 7) is 9.77. The van der Waals surface area contributed by atoms with Gasteiger partial charge in [-0.15, -0.1) is 0 Å². The van der Waals surface area contributed by atoms with E-state index in [1.165, 1.54) is 0 Å². The number of aromatic nitrogens is 1. The molecule has 1 aromatic heterocycles. The number of nitrogens with zero attached hydrogens (tertiary/aromatic N) is 3. The smallest absolute Gasteiger partial charge is 0.326 e. The maximum atomic E-state index is 14.9. The van der Waals surface area contributed by atoms with Crippen molar-refractivity contribution in [2.75, 3.05) is 11.4 Å². The van der Waals surface area contributed by atoms with Gasteiger partial charge in [-0.3, -0.25) is 9.78 Å². The van der Waals surface area contributed by atoms with Crippen molar-refractivity contribution in [3.8, 4) is 11.1 Å². The number of carboxylic acids is 1. The molecule has 0 radical (unpaired) electrons. The number of carboxylic acid groups (broad SMARTS) is 1. The number of anilines is 1. The molecule has 1 saturated heterocycles. The maximum Gasteiger partial charge on any atom is 0.326 e. The van der Waals surface area contributed by atoms with Gasteiger partial charge in [-0.2, -0.15) is 0 Å². The predicted octanol–water partition coefficient (Wildman–Crippen LogP) is 6.41. The average molecular weight is 561 g/mol. The number of amides is 1. The van der Waals surface area contributed by atoms with Crippen LogP contribution >= 0.6 is 11.6 Å². The van der Waals surface area contributed by atoms with Gasteiger partial charge in [0.1, 0.15) is 23.2 Å². The summed E-state index contributed by atoms with van der Waals surface area (Å²) in [5.41, 5.74) is 2.31. The van der Waals surface area contributed by atoms with Crippen LogP contribution < -0.4 is 10.2 Å². The molecule has 0 aliphatic carbocycles. The van der Waals surface area contributed by atoms with E-state index in [1.807, 2.05) is 11.8 Å². The molecular formula is C30H23ClF2N4O3. The monoisotopic (exact) mass is 560 g/mol. The molecule has 40 heavy (non-hydrogen) atoms. The quantitative estimate of drug-likeness (QED) is 0.255. The molecule has 0 spiro atoms. The minimum Gasteiger partial charge on any atom is -0.480 e. The molecule has 0 saturated carbocycles. The first-order valence-corrected chi connectivity index (χ1v) is 12.9. The lowest BCUT2D eigenvalue weighted by molar-refractivity contribution is -0.139. The molecule has 0 bridgehead atoms. The van der Waals surface area contributed by atoms with Crippen molar-refractivity contribution >= 4 is 45.8 Å². The van der Waals surface area contributed by atoms with Crippen LogP contribution in [0.4, 0.5) is 20.2 Å². The summed E-state index contributed by atoms with van der Waals surface area (Å²) >= 11 is 6.44. The first-order chi connectivity index (χ1) is 19.2. The molecule has 1 fully saturated rings. The second kappa shape index (κ2) is 10.9. The summed E-state index contributed by atoms with van der Waals surface area (Å²) in [5, 5.41) is 13.1. The Morgan fingerprint density at radius 2 is 1.90 bits per heavy atom. The molecule has 2 N–H and O–H groups in total. The van der Waals surface area contributed by atoms with Gasteiger partial charge >= 0.3 is 5.97 Å². The molecule has 1 amide bonds. The van der Waals surface area contributed by atoms with Crippen molar-refractivity contribution < 1.29 is 23.5 Å². The van der Waals surface area contributed by atoms with Gasteiger partial charge in [0.15, 0.2) is 5.69 Å². The number of halogens is 3. The van der Waals surface area contributed by atoms with Crippen LogP contribution in [0.15, 0.2) is 60.8 Å². The number of hydrogen-bond acceptors (Lipinski definition) is 4. The van der Waals surface area contributed by atoms with Gasteiger partial charge < -0.3 is 15.3 Å². The van der Waals surface area contributed by atoms with Crippen molar-refractivity contribution in [1.82, 2.24) is 10.3 Å². The van der Waals surface area contributed by atoms with E-state index in [2.05, 4.69) is 15.1 Å². The lowest BCUT2D eigenvalue weighted by Gasteiger charge is -2.40. The Kier molecular flexibility index (Phi) is 7.37. The zero-order chi connectivity index (χ0) is 28.6. The number of benzene rings is 3. The zero-order valence-electron chi connectivity index (χ0n) is 21.3. The molecule has 1 aliphatic rings. The molecule has 3 aromatic carbocycles. The van der Waals surface area contributed by atoms with E-state index in [0.29, 0.717) is 50.5 Å². The molecule has 10 heteroatoms. The minimum atomic E-state index is -1.47. The number of pyridine rings is 1. The van der Waals surface area contributed by atoms with E-state index in [0.717, 1.165) is 18.6 Å². The van der Waals surface area contributed by atoms with Crippen molar-refractivity contribution in [1.29, 1.82) is 0 Å². The van der Waals surface area contributed by atoms with Crippen molar-refractivity contribution in [2.45, 2.75) is 31.8 Å². The summed E-state index contributed by atoms with van der Waals surface area (Å²) in [4.78, 5) is 34.7. The third kappa shape index (κ3) is 5.06. The van der Waals surface area contributed by atoms with Gasteiger partial charge in [-0.1, -0.05) is 41.9 Å². The molecular weight excluding hydrogens is 538 g/mol. The summed E-state index contributed by atoms with van der Waals surface area (Å²) in [6.07, 6.45) is 2.32. The summed E-state index contributed by atoms with van der Waals surface area (Å²) in [5.74, 6) is -4.64. The standard InChI is InChI=1S/C30H23ClF2N4O3/c1-16-9-11-37(16)19-14-24(32)27(25(33)15-19)29(38)36-26(30(39)40)12-17-5-7-22(28-20(17)4-3-10-35-28)21-8-6-18(34-2)13-23(21)31/h3-8,10,13-16,26H,9,11-12H2,1H3,(H,36,38)(H,39,40)/t16?,26-/m0/s1. The third-order valence-electron chi connectivity index (χ3n) is 7.16. The molecule has 5 rings (SSSR count). The first kappa shape index (κ1) is 27.0. The molecule has 4 aromatic rings. The normalized spacial score (nSPS) is 15.3. The summed E-state index contributed by atoms with van der Waals surface area (Å²) in [6, 6.07) is 12.7. The largest absolute Gasteiger partial charge is 0.480 e. The Bertz CT molecular complexity index is 1680. The SMILES string of the molecule is [C-]#[N+]c1ccc(-c2ccc(C[C@H](NC(=O)c3c(F)cc(N4CCC4C)cc3F)C(=O)O)c3cccnc23)c(Cl)c1.